The van der Waals surface area contributed by atoms with Crippen LogP contribution in [0.25, 0.3) is 0 Å². The average Bonchev–Trinajstić information content (AvgIpc) is 2.98. The SMILES string of the molecule is Cc1ccc(C)c(N2CC(C(=O)Nc3ccc(C(F)(F)F)cc3)CC2=O)c1. The van der Waals surface area contributed by atoms with Crippen molar-refractivity contribution in [1.29, 1.82) is 0 Å². The molecule has 7 heteroatoms. The molecule has 4 nitrogen and oxygen atoms in total. The van der Waals surface area contributed by atoms with E-state index in [0.29, 0.717) is 0 Å². The molecule has 0 aliphatic carbocycles. The molecular formula is C20H19F3N2O2. The summed E-state index contributed by atoms with van der Waals surface area (Å²) < 4.78 is 37.8. The van der Waals surface area contributed by atoms with Crippen LogP contribution in [0.2, 0.25) is 0 Å². The molecule has 1 atom stereocenters. The zero-order valence-corrected chi connectivity index (χ0v) is 14.9. The Morgan fingerprint density at radius 2 is 1.78 bits per heavy atom. The van der Waals surface area contributed by atoms with Crippen molar-refractivity contribution in [3.8, 4) is 0 Å². The average molecular weight is 376 g/mol. The summed E-state index contributed by atoms with van der Waals surface area (Å²) >= 11 is 0. The van der Waals surface area contributed by atoms with Gasteiger partial charge in [-0.2, -0.15) is 13.2 Å². The topological polar surface area (TPSA) is 49.4 Å². The lowest BCUT2D eigenvalue weighted by Crippen LogP contribution is -2.28. The zero-order chi connectivity index (χ0) is 19.8. The maximum Gasteiger partial charge on any atom is 0.416 e. The summed E-state index contributed by atoms with van der Waals surface area (Å²) in [5.74, 6) is -1.08. The minimum absolute atomic E-state index is 0.0693. The predicted molar refractivity (Wildman–Crippen MR) is 96.4 cm³/mol. The molecule has 1 aliphatic heterocycles. The first kappa shape index (κ1) is 18.9. The van der Waals surface area contributed by atoms with Crippen LogP contribution in [0.15, 0.2) is 42.5 Å². The highest BCUT2D eigenvalue weighted by molar-refractivity contribution is 6.03. The molecule has 2 aromatic carbocycles. The van der Waals surface area contributed by atoms with Crippen molar-refractivity contribution in [1.82, 2.24) is 0 Å². The molecular weight excluding hydrogens is 357 g/mol. The maximum absolute atomic E-state index is 12.6. The van der Waals surface area contributed by atoms with Crippen molar-refractivity contribution in [3.05, 3.63) is 59.2 Å². The molecule has 1 saturated heterocycles. The molecule has 1 N–H and O–H groups in total. The second kappa shape index (κ2) is 7.06. The van der Waals surface area contributed by atoms with Crippen molar-refractivity contribution >= 4 is 23.2 Å². The molecule has 27 heavy (non-hydrogen) atoms. The number of nitrogens with zero attached hydrogens (tertiary/aromatic N) is 1. The summed E-state index contributed by atoms with van der Waals surface area (Å²) in [4.78, 5) is 26.4. The number of alkyl halides is 3. The first-order valence-corrected chi connectivity index (χ1v) is 8.51. The summed E-state index contributed by atoms with van der Waals surface area (Å²) in [6.45, 7) is 4.07. The Hall–Kier alpha value is -2.83. The summed E-state index contributed by atoms with van der Waals surface area (Å²) in [6, 6.07) is 10.0. The van der Waals surface area contributed by atoms with E-state index in [9.17, 15) is 22.8 Å². The lowest BCUT2D eigenvalue weighted by molar-refractivity contribution is -0.137. The normalized spacial score (nSPS) is 17.3. The summed E-state index contributed by atoms with van der Waals surface area (Å²) in [5.41, 5.74) is 2.23. The van der Waals surface area contributed by atoms with E-state index < -0.39 is 17.7 Å². The van der Waals surface area contributed by atoms with Crippen LogP contribution in [0, 0.1) is 19.8 Å². The Kier molecular flexibility index (Phi) is 4.95. The van der Waals surface area contributed by atoms with E-state index in [1.54, 1.807) is 4.90 Å². The van der Waals surface area contributed by atoms with Gasteiger partial charge in [0, 0.05) is 24.3 Å². The van der Waals surface area contributed by atoms with Gasteiger partial charge >= 0.3 is 6.18 Å². The smallest absolute Gasteiger partial charge is 0.326 e. The minimum Gasteiger partial charge on any atom is -0.326 e. The van der Waals surface area contributed by atoms with Crippen LogP contribution in [-0.4, -0.2) is 18.4 Å². The van der Waals surface area contributed by atoms with Crippen LogP contribution in [0.4, 0.5) is 24.5 Å². The number of amides is 2. The molecule has 0 aromatic heterocycles. The van der Waals surface area contributed by atoms with Gasteiger partial charge in [-0.3, -0.25) is 9.59 Å². The van der Waals surface area contributed by atoms with Gasteiger partial charge in [-0.25, -0.2) is 0 Å². The monoisotopic (exact) mass is 376 g/mol. The summed E-state index contributed by atoms with van der Waals surface area (Å²) in [6.07, 6.45) is -4.35. The minimum atomic E-state index is -4.42. The number of halogens is 3. The molecule has 0 spiro atoms. The van der Waals surface area contributed by atoms with Gasteiger partial charge in [0.25, 0.3) is 0 Å². The van der Waals surface area contributed by atoms with E-state index in [0.717, 1.165) is 28.9 Å². The lowest BCUT2D eigenvalue weighted by Gasteiger charge is -2.19. The van der Waals surface area contributed by atoms with Gasteiger partial charge in [-0.1, -0.05) is 12.1 Å². The van der Waals surface area contributed by atoms with Gasteiger partial charge in [-0.15, -0.1) is 0 Å². The van der Waals surface area contributed by atoms with E-state index in [-0.39, 0.29) is 30.5 Å². The first-order chi connectivity index (χ1) is 12.6. The van der Waals surface area contributed by atoms with Crippen LogP contribution >= 0.6 is 0 Å². The van der Waals surface area contributed by atoms with Crippen molar-refractivity contribution in [3.63, 3.8) is 0 Å². The number of anilines is 2. The van der Waals surface area contributed by atoms with Gasteiger partial charge in [0.2, 0.25) is 11.8 Å². The molecule has 3 rings (SSSR count). The van der Waals surface area contributed by atoms with Crippen LogP contribution < -0.4 is 10.2 Å². The van der Waals surface area contributed by atoms with Crippen LogP contribution in [0.3, 0.4) is 0 Å². The van der Waals surface area contributed by atoms with Crippen molar-refractivity contribution in [2.75, 3.05) is 16.8 Å². The Labute approximate surface area is 155 Å². The number of nitrogens with one attached hydrogen (secondary N) is 1. The van der Waals surface area contributed by atoms with Crippen LogP contribution in [0.1, 0.15) is 23.1 Å². The van der Waals surface area contributed by atoms with E-state index >= 15 is 0 Å². The Morgan fingerprint density at radius 3 is 2.41 bits per heavy atom. The van der Waals surface area contributed by atoms with Gasteiger partial charge in [-0.05, 0) is 55.3 Å². The van der Waals surface area contributed by atoms with Crippen molar-refractivity contribution < 1.29 is 22.8 Å². The number of carbonyl (C=O) groups is 2. The Balaban J connectivity index is 1.70. The molecule has 0 bridgehead atoms. The first-order valence-electron chi connectivity index (χ1n) is 8.51. The van der Waals surface area contributed by atoms with Gasteiger partial charge in [0.15, 0.2) is 0 Å². The summed E-state index contributed by atoms with van der Waals surface area (Å²) in [5, 5.41) is 2.60. The highest BCUT2D eigenvalue weighted by Gasteiger charge is 2.36. The summed E-state index contributed by atoms with van der Waals surface area (Å²) in [7, 11) is 0. The molecule has 0 saturated carbocycles. The second-order valence-electron chi connectivity index (χ2n) is 6.76. The Morgan fingerprint density at radius 1 is 1.11 bits per heavy atom. The Bertz CT molecular complexity index is 876. The third-order valence-corrected chi connectivity index (χ3v) is 4.63. The van der Waals surface area contributed by atoms with Crippen LogP contribution in [0.5, 0.6) is 0 Å². The highest BCUT2D eigenvalue weighted by atomic mass is 19.4. The fraction of sp³-hybridized carbons (Fsp3) is 0.300. The third-order valence-electron chi connectivity index (χ3n) is 4.63. The number of carbonyl (C=O) groups excluding carboxylic acids is 2. The fourth-order valence-corrected chi connectivity index (χ4v) is 3.11. The molecule has 2 aromatic rings. The molecule has 142 valence electrons. The number of hydrogen-bond acceptors (Lipinski definition) is 2. The molecule has 1 aliphatic rings. The number of hydrogen-bond donors (Lipinski definition) is 1. The predicted octanol–water partition coefficient (Wildman–Crippen LogP) is 4.31. The van der Waals surface area contributed by atoms with E-state index in [2.05, 4.69) is 5.32 Å². The van der Waals surface area contributed by atoms with E-state index in [1.807, 2.05) is 32.0 Å². The van der Waals surface area contributed by atoms with Crippen molar-refractivity contribution in [2.45, 2.75) is 26.4 Å². The number of rotatable bonds is 3. The molecule has 1 heterocycles. The third kappa shape index (κ3) is 4.13. The molecule has 0 radical (unpaired) electrons. The van der Waals surface area contributed by atoms with Crippen molar-refractivity contribution in [2.24, 2.45) is 5.92 Å². The number of benzene rings is 2. The molecule has 1 unspecified atom stereocenters. The van der Waals surface area contributed by atoms with Gasteiger partial charge in [0.05, 0.1) is 11.5 Å². The fourth-order valence-electron chi connectivity index (χ4n) is 3.11. The lowest BCUT2D eigenvalue weighted by atomic mass is 10.1. The maximum atomic E-state index is 12.6. The largest absolute Gasteiger partial charge is 0.416 e. The van der Waals surface area contributed by atoms with Gasteiger partial charge in [0.1, 0.15) is 0 Å². The highest BCUT2D eigenvalue weighted by Crippen LogP contribution is 2.31. The number of aryl methyl sites for hydroxylation is 2. The zero-order valence-electron chi connectivity index (χ0n) is 14.9. The van der Waals surface area contributed by atoms with Gasteiger partial charge < -0.3 is 10.2 Å². The standard InChI is InChI=1S/C20H19F3N2O2/c1-12-3-4-13(2)17(9-12)25-11-14(10-18(25)26)19(27)24-16-7-5-15(6-8-16)20(21,22)23/h3-9,14H,10-11H2,1-2H3,(H,24,27). The van der Waals surface area contributed by atoms with Crippen LogP contribution in [-0.2, 0) is 15.8 Å². The quantitative estimate of drug-likeness (QED) is 0.868. The molecule has 2 amide bonds. The van der Waals surface area contributed by atoms with E-state index in [4.69, 9.17) is 0 Å². The second-order valence-corrected chi connectivity index (χ2v) is 6.76. The van der Waals surface area contributed by atoms with E-state index in [1.165, 1.54) is 12.1 Å². The molecule has 1 fully saturated rings.